The zero-order valence-corrected chi connectivity index (χ0v) is 14.5. The molecule has 2 atom stereocenters. The Bertz CT molecular complexity index is 733. The number of nitrogens with one attached hydrogen (secondary N) is 1. The molecule has 2 bridgehead atoms. The standard InChI is InChI=1S/C17H22N4O2.ClH/c1-21-11-4-2-5-12(21)9-10(8-11)19-16(22)13-6-3-7-14-15(13)20-17(18)23-14;/h3,6-7,10-12H,2,4-5,8-9H2,1H3,(H2,18,20)(H,19,22);1H. The molecule has 0 radical (unpaired) electrons. The number of halogens is 1. The Balaban J connectivity index is 0.00000169. The lowest BCUT2D eigenvalue weighted by Gasteiger charge is -2.47. The number of fused-ring (bicyclic) bond motifs is 3. The number of rotatable bonds is 2. The van der Waals surface area contributed by atoms with Crippen molar-refractivity contribution >= 4 is 35.4 Å². The first-order valence-corrected chi connectivity index (χ1v) is 8.29. The Hall–Kier alpha value is -1.79. The predicted octanol–water partition coefficient (Wildman–Crippen LogP) is 2.58. The van der Waals surface area contributed by atoms with Crippen molar-refractivity contribution in [2.24, 2.45) is 0 Å². The van der Waals surface area contributed by atoms with Gasteiger partial charge in [0.25, 0.3) is 11.9 Å². The molecule has 24 heavy (non-hydrogen) atoms. The number of aromatic nitrogens is 1. The van der Waals surface area contributed by atoms with E-state index in [-0.39, 0.29) is 30.4 Å². The quantitative estimate of drug-likeness (QED) is 0.869. The van der Waals surface area contributed by atoms with E-state index in [1.54, 1.807) is 18.2 Å². The minimum atomic E-state index is -0.0865. The van der Waals surface area contributed by atoms with Crippen LogP contribution in [0, 0.1) is 0 Å². The van der Waals surface area contributed by atoms with Crippen LogP contribution in [0.4, 0.5) is 6.01 Å². The molecule has 2 unspecified atom stereocenters. The van der Waals surface area contributed by atoms with Crippen molar-refractivity contribution in [3.8, 4) is 0 Å². The summed E-state index contributed by atoms with van der Waals surface area (Å²) in [5.41, 5.74) is 7.23. The maximum atomic E-state index is 12.7. The van der Waals surface area contributed by atoms with Crippen LogP contribution in [0.3, 0.4) is 0 Å². The molecule has 1 aromatic heterocycles. The zero-order valence-electron chi connectivity index (χ0n) is 13.7. The fourth-order valence-electron chi connectivity index (χ4n) is 4.15. The van der Waals surface area contributed by atoms with Crippen molar-refractivity contribution in [2.45, 2.75) is 50.2 Å². The van der Waals surface area contributed by atoms with E-state index in [1.165, 1.54) is 19.3 Å². The van der Waals surface area contributed by atoms with Crippen LogP contribution in [-0.4, -0.2) is 41.0 Å². The van der Waals surface area contributed by atoms with Crippen LogP contribution in [0.25, 0.3) is 11.1 Å². The van der Waals surface area contributed by atoms with Crippen molar-refractivity contribution in [3.63, 3.8) is 0 Å². The van der Waals surface area contributed by atoms with E-state index in [0.717, 1.165) is 12.8 Å². The SMILES string of the molecule is CN1C2CCCC1CC(NC(=O)c1cccc3oc(N)nc13)C2.Cl. The fourth-order valence-corrected chi connectivity index (χ4v) is 4.15. The number of piperidine rings is 2. The second kappa shape index (κ2) is 6.61. The molecule has 2 aliphatic heterocycles. The Labute approximate surface area is 147 Å². The van der Waals surface area contributed by atoms with Gasteiger partial charge in [0.2, 0.25) is 0 Å². The van der Waals surface area contributed by atoms with Crippen molar-refractivity contribution in [2.75, 3.05) is 12.8 Å². The molecule has 1 aromatic carbocycles. The van der Waals surface area contributed by atoms with E-state index in [0.29, 0.717) is 28.7 Å². The smallest absolute Gasteiger partial charge is 0.293 e. The number of anilines is 1. The monoisotopic (exact) mass is 350 g/mol. The Morgan fingerprint density at radius 2 is 2.04 bits per heavy atom. The fraction of sp³-hybridized carbons (Fsp3) is 0.529. The highest BCUT2D eigenvalue weighted by Crippen LogP contribution is 2.32. The van der Waals surface area contributed by atoms with E-state index >= 15 is 0 Å². The summed E-state index contributed by atoms with van der Waals surface area (Å²) in [7, 11) is 2.21. The lowest BCUT2D eigenvalue weighted by molar-refractivity contribution is 0.0463. The number of amides is 1. The van der Waals surface area contributed by atoms with Crippen LogP contribution in [-0.2, 0) is 0 Å². The first kappa shape index (κ1) is 17.0. The number of carbonyl (C=O) groups is 1. The number of nitrogens with two attached hydrogens (primary N) is 1. The molecule has 0 spiro atoms. The number of hydrogen-bond acceptors (Lipinski definition) is 5. The van der Waals surface area contributed by atoms with Gasteiger partial charge in [0.15, 0.2) is 5.58 Å². The highest BCUT2D eigenvalue weighted by molar-refractivity contribution is 6.04. The van der Waals surface area contributed by atoms with Gasteiger partial charge in [0, 0.05) is 18.1 Å². The summed E-state index contributed by atoms with van der Waals surface area (Å²) < 4.78 is 5.30. The maximum Gasteiger partial charge on any atom is 0.293 e. The summed E-state index contributed by atoms with van der Waals surface area (Å²) in [6.45, 7) is 0. The Kier molecular flexibility index (Phi) is 4.69. The van der Waals surface area contributed by atoms with Crippen LogP contribution < -0.4 is 11.1 Å². The molecule has 0 aliphatic carbocycles. The first-order chi connectivity index (χ1) is 11.1. The summed E-state index contributed by atoms with van der Waals surface area (Å²) in [4.78, 5) is 19.3. The van der Waals surface area contributed by atoms with Gasteiger partial charge >= 0.3 is 0 Å². The summed E-state index contributed by atoms with van der Waals surface area (Å²) in [6.07, 6.45) is 5.81. The van der Waals surface area contributed by atoms with Gasteiger partial charge in [-0.2, -0.15) is 4.98 Å². The van der Waals surface area contributed by atoms with Crippen molar-refractivity contribution in [3.05, 3.63) is 23.8 Å². The van der Waals surface area contributed by atoms with E-state index < -0.39 is 0 Å². The molecule has 3 heterocycles. The average Bonchev–Trinajstić information content (AvgIpc) is 2.88. The third kappa shape index (κ3) is 2.96. The number of oxazole rings is 1. The summed E-state index contributed by atoms with van der Waals surface area (Å²) >= 11 is 0. The van der Waals surface area contributed by atoms with Gasteiger partial charge in [-0.25, -0.2) is 0 Å². The third-order valence-electron chi connectivity index (χ3n) is 5.36. The molecule has 2 aliphatic rings. The molecule has 1 amide bonds. The average molecular weight is 351 g/mol. The molecule has 2 fully saturated rings. The third-order valence-corrected chi connectivity index (χ3v) is 5.36. The van der Waals surface area contributed by atoms with Crippen LogP contribution in [0.15, 0.2) is 22.6 Å². The molecule has 2 aromatic rings. The molecule has 3 N–H and O–H groups in total. The normalized spacial score (nSPS) is 26.8. The molecular weight excluding hydrogens is 328 g/mol. The van der Waals surface area contributed by atoms with Gasteiger partial charge in [-0.15, -0.1) is 12.4 Å². The van der Waals surface area contributed by atoms with E-state index in [4.69, 9.17) is 10.2 Å². The zero-order chi connectivity index (χ0) is 16.0. The van der Waals surface area contributed by atoms with Crippen molar-refractivity contribution < 1.29 is 9.21 Å². The highest BCUT2D eigenvalue weighted by atomic mass is 35.5. The lowest BCUT2D eigenvalue weighted by atomic mass is 9.82. The van der Waals surface area contributed by atoms with Gasteiger partial charge in [0.05, 0.1) is 5.56 Å². The van der Waals surface area contributed by atoms with Gasteiger partial charge in [0.1, 0.15) is 5.52 Å². The van der Waals surface area contributed by atoms with Gasteiger partial charge in [-0.1, -0.05) is 12.5 Å². The molecule has 6 nitrogen and oxygen atoms in total. The van der Waals surface area contributed by atoms with Crippen LogP contribution >= 0.6 is 12.4 Å². The minimum absolute atomic E-state index is 0. The van der Waals surface area contributed by atoms with Gasteiger partial charge < -0.3 is 20.4 Å². The van der Waals surface area contributed by atoms with E-state index in [2.05, 4.69) is 22.2 Å². The number of benzene rings is 1. The molecule has 0 saturated carbocycles. The summed E-state index contributed by atoms with van der Waals surface area (Å²) in [5.74, 6) is -0.0865. The minimum Gasteiger partial charge on any atom is -0.424 e. The van der Waals surface area contributed by atoms with E-state index in [1.807, 2.05) is 0 Å². The summed E-state index contributed by atoms with van der Waals surface area (Å²) in [6, 6.07) is 6.84. The Morgan fingerprint density at radius 3 is 2.75 bits per heavy atom. The van der Waals surface area contributed by atoms with Crippen molar-refractivity contribution in [1.82, 2.24) is 15.2 Å². The van der Waals surface area contributed by atoms with Crippen LogP contribution in [0.5, 0.6) is 0 Å². The molecular formula is C17H23ClN4O2. The second-order valence-electron chi connectivity index (χ2n) is 6.75. The van der Waals surface area contributed by atoms with Crippen LogP contribution in [0.2, 0.25) is 0 Å². The number of para-hydroxylation sites is 1. The second-order valence-corrected chi connectivity index (χ2v) is 6.75. The first-order valence-electron chi connectivity index (χ1n) is 8.29. The molecule has 2 saturated heterocycles. The lowest BCUT2D eigenvalue weighted by Crippen LogP contribution is -2.55. The van der Waals surface area contributed by atoms with Crippen molar-refractivity contribution in [1.29, 1.82) is 0 Å². The molecule has 130 valence electrons. The maximum absolute atomic E-state index is 12.7. The van der Waals surface area contributed by atoms with Gasteiger partial charge in [-0.3, -0.25) is 4.79 Å². The largest absolute Gasteiger partial charge is 0.424 e. The predicted molar refractivity (Wildman–Crippen MR) is 95.3 cm³/mol. The molecule has 7 heteroatoms. The number of nitrogen functional groups attached to an aromatic ring is 1. The van der Waals surface area contributed by atoms with Gasteiger partial charge in [-0.05, 0) is 44.9 Å². The number of hydrogen-bond donors (Lipinski definition) is 2. The number of nitrogens with zero attached hydrogens (tertiary/aromatic N) is 2. The van der Waals surface area contributed by atoms with Crippen LogP contribution in [0.1, 0.15) is 42.5 Å². The topological polar surface area (TPSA) is 84.4 Å². The molecule has 4 rings (SSSR count). The number of carbonyl (C=O) groups excluding carboxylic acids is 1. The summed E-state index contributed by atoms with van der Waals surface area (Å²) in [5, 5.41) is 3.20. The highest BCUT2D eigenvalue weighted by Gasteiger charge is 2.36. The van der Waals surface area contributed by atoms with E-state index in [9.17, 15) is 4.79 Å². The Morgan fingerprint density at radius 1 is 1.33 bits per heavy atom.